The molecule has 2 aromatic rings. The van der Waals surface area contributed by atoms with Crippen molar-refractivity contribution in [2.24, 2.45) is 0 Å². The van der Waals surface area contributed by atoms with Gasteiger partial charge in [0.1, 0.15) is 17.1 Å². The van der Waals surface area contributed by atoms with Gasteiger partial charge in [-0.05, 0) is 30.2 Å². The van der Waals surface area contributed by atoms with Crippen molar-refractivity contribution in [3.8, 4) is 11.5 Å². The summed E-state index contributed by atoms with van der Waals surface area (Å²) >= 11 is 0. The van der Waals surface area contributed by atoms with Gasteiger partial charge in [-0.25, -0.2) is 0 Å². The molecule has 21 heavy (non-hydrogen) atoms. The quantitative estimate of drug-likeness (QED) is 0.918. The number of carbonyl (C=O) groups excluding carboxylic acids is 1. The molecular weight excluding hydrogens is 266 g/mol. The van der Waals surface area contributed by atoms with Crippen LogP contribution < -0.4 is 14.8 Å². The molecule has 0 atom stereocenters. The second kappa shape index (κ2) is 6.79. The third kappa shape index (κ3) is 3.34. The number of methoxy groups -OCH3 is 2. The average Bonchev–Trinajstić information content (AvgIpc) is 2.52. The lowest BCUT2D eigenvalue weighted by atomic mass is 10.1. The van der Waals surface area contributed by atoms with Crippen molar-refractivity contribution < 1.29 is 14.3 Å². The summed E-state index contributed by atoms with van der Waals surface area (Å²) in [5.41, 5.74) is 2.64. The zero-order chi connectivity index (χ0) is 15.2. The fourth-order valence-electron chi connectivity index (χ4n) is 2.15. The van der Waals surface area contributed by atoms with Crippen LogP contribution in [0, 0.1) is 6.92 Å². The first-order valence-corrected chi connectivity index (χ1v) is 6.71. The smallest absolute Gasteiger partial charge is 0.259 e. The van der Waals surface area contributed by atoms with E-state index < -0.39 is 0 Å². The monoisotopic (exact) mass is 285 g/mol. The lowest BCUT2D eigenvalue weighted by Crippen LogP contribution is -2.24. The maximum absolute atomic E-state index is 12.4. The van der Waals surface area contributed by atoms with Gasteiger partial charge in [-0.15, -0.1) is 0 Å². The number of hydrogen-bond acceptors (Lipinski definition) is 3. The molecule has 0 aliphatic heterocycles. The van der Waals surface area contributed by atoms with E-state index in [-0.39, 0.29) is 5.91 Å². The summed E-state index contributed by atoms with van der Waals surface area (Å²) in [7, 11) is 3.07. The minimum Gasteiger partial charge on any atom is -0.496 e. The summed E-state index contributed by atoms with van der Waals surface area (Å²) in [6.45, 7) is 2.48. The standard InChI is InChI=1S/C17H19NO3/c1-12-7-4-5-8-13(12)11-18-17(19)16-14(20-2)9-6-10-15(16)21-3/h4-10H,11H2,1-3H3,(H,18,19). The van der Waals surface area contributed by atoms with Crippen LogP contribution in [-0.2, 0) is 6.54 Å². The molecule has 2 rings (SSSR count). The number of hydrogen-bond donors (Lipinski definition) is 1. The van der Waals surface area contributed by atoms with E-state index in [1.54, 1.807) is 18.2 Å². The molecular formula is C17H19NO3. The fourth-order valence-corrected chi connectivity index (χ4v) is 2.15. The lowest BCUT2D eigenvalue weighted by Gasteiger charge is -2.13. The molecule has 110 valence electrons. The molecule has 4 heteroatoms. The maximum Gasteiger partial charge on any atom is 0.259 e. The summed E-state index contributed by atoms with van der Waals surface area (Å²) in [5.74, 6) is 0.779. The highest BCUT2D eigenvalue weighted by molar-refractivity contribution is 5.99. The number of rotatable bonds is 5. The van der Waals surface area contributed by atoms with Gasteiger partial charge in [0.05, 0.1) is 14.2 Å². The Hall–Kier alpha value is -2.49. The fraction of sp³-hybridized carbons (Fsp3) is 0.235. The number of aryl methyl sites for hydroxylation is 1. The van der Waals surface area contributed by atoms with E-state index in [2.05, 4.69) is 5.32 Å². The molecule has 0 aromatic heterocycles. The van der Waals surface area contributed by atoms with Crippen LogP contribution in [0.15, 0.2) is 42.5 Å². The van der Waals surface area contributed by atoms with Crippen molar-refractivity contribution in [3.63, 3.8) is 0 Å². The van der Waals surface area contributed by atoms with E-state index in [1.165, 1.54) is 14.2 Å². The van der Waals surface area contributed by atoms with Gasteiger partial charge in [0.25, 0.3) is 5.91 Å². The van der Waals surface area contributed by atoms with Gasteiger partial charge in [-0.3, -0.25) is 4.79 Å². The first kappa shape index (κ1) is 14.9. The van der Waals surface area contributed by atoms with Crippen molar-refractivity contribution >= 4 is 5.91 Å². The molecule has 0 unspecified atom stereocenters. The first-order chi connectivity index (χ1) is 10.2. The van der Waals surface area contributed by atoms with Gasteiger partial charge < -0.3 is 14.8 Å². The Bertz CT molecular complexity index is 615. The SMILES string of the molecule is COc1cccc(OC)c1C(=O)NCc1ccccc1C. The van der Waals surface area contributed by atoms with Crippen LogP contribution in [0.25, 0.3) is 0 Å². The molecule has 4 nitrogen and oxygen atoms in total. The van der Waals surface area contributed by atoms with Crippen molar-refractivity contribution in [3.05, 3.63) is 59.2 Å². The highest BCUT2D eigenvalue weighted by atomic mass is 16.5. The van der Waals surface area contributed by atoms with E-state index >= 15 is 0 Å². The molecule has 0 aliphatic carbocycles. The lowest BCUT2D eigenvalue weighted by molar-refractivity contribution is 0.0944. The van der Waals surface area contributed by atoms with Crippen molar-refractivity contribution in [1.82, 2.24) is 5.32 Å². The molecule has 2 aromatic carbocycles. The van der Waals surface area contributed by atoms with E-state index in [1.807, 2.05) is 31.2 Å². The van der Waals surface area contributed by atoms with Crippen LogP contribution in [0.1, 0.15) is 21.5 Å². The number of nitrogens with one attached hydrogen (secondary N) is 1. The molecule has 0 bridgehead atoms. The number of amides is 1. The van der Waals surface area contributed by atoms with Crippen LogP contribution in [0.4, 0.5) is 0 Å². The molecule has 0 aliphatic rings. The van der Waals surface area contributed by atoms with E-state index in [4.69, 9.17) is 9.47 Å². The van der Waals surface area contributed by atoms with Gasteiger partial charge in [-0.1, -0.05) is 30.3 Å². The van der Waals surface area contributed by atoms with Crippen molar-refractivity contribution in [1.29, 1.82) is 0 Å². The van der Waals surface area contributed by atoms with Crippen LogP contribution >= 0.6 is 0 Å². The Kier molecular flexibility index (Phi) is 4.82. The number of ether oxygens (including phenoxy) is 2. The normalized spacial score (nSPS) is 10.0. The Morgan fingerprint density at radius 2 is 1.62 bits per heavy atom. The predicted molar refractivity (Wildman–Crippen MR) is 81.9 cm³/mol. The van der Waals surface area contributed by atoms with Crippen LogP contribution in [0.3, 0.4) is 0 Å². The zero-order valence-electron chi connectivity index (χ0n) is 12.5. The van der Waals surface area contributed by atoms with Crippen LogP contribution in [0.2, 0.25) is 0 Å². The Morgan fingerprint density at radius 3 is 2.19 bits per heavy atom. The molecule has 1 N–H and O–H groups in total. The zero-order valence-corrected chi connectivity index (χ0v) is 12.5. The van der Waals surface area contributed by atoms with Gasteiger partial charge in [0, 0.05) is 6.54 Å². The predicted octanol–water partition coefficient (Wildman–Crippen LogP) is 2.94. The molecule has 0 heterocycles. The summed E-state index contributed by atoms with van der Waals surface area (Å²) in [4.78, 5) is 12.4. The number of carbonyl (C=O) groups is 1. The highest BCUT2D eigenvalue weighted by Crippen LogP contribution is 2.28. The third-order valence-corrected chi connectivity index (χ3v) is 3.36. The Morgan fingerprint density at radius 1 is 1.00 bits per heavy atom. The minimum absolute atomic E-state index is 0.215. The second-order valence-corrected chi connectivity index (χ2v) is 4.65. The topological polar surface area (TPSA) is 47.6 Å². The Labute approximate surface area is 124 Å². The average molecular weight is 285 g/mol. The van der Waals surface area contributed by atoms with Gasteiger partial charge in [-0.2, -0.15) is 0 Å². The molecule has 0 saturated heterocycles. The van der Waals surface area contributed by atoms with E-state index in [9.17, 15) is 4.79 Å². The molecule has 0 spiro atoms. The summed E-state index contributed by atoms with van der Waals surface area (Å²) in [6.07, 6.45) is 0. The van der Waals surface area contributed by atoms with Crippen molar-refractivity contribution in [2.45, 2.75) is 13.5 Å². The van der Waals surface area contributed by atoms with E-state index in [0.717, 1.165) is 11.1 Å². The molecule has 0 saturated carbocycles. The molecule has 0 radical (unpaired) electrons. The van der Waals surface area contributed by atoms with Gasteiger partial charge in [0.2, 0.25) is 0 Å². The molecule has 0 fully saturated rings. The van der Waals surface area contributed by atoms with Crippen molar-refractivity contribution in [2.75, 3.05) is 14.2 Å². The minimum atomic E-state index is -0.215. The Balaban J connectivity index is 2.19. The number of benzene rings is 2. The summed E-state index contributed by atoms with van der Waals surface area (Å²) < 4.78 is 10.5. The van der Waals surface area contributed by atoms with Crippen LogP contribution in [-0.4, -0.2) is 20.1 Å². The molecule has 1 amide bonds. The summed E-state index contributed by atoms with van der Waals surface area (Å²) in [6, 6.07) is 13.2. The third-order valence-electron chi connectivity index (χ3n) is 3.36. The van der Waals surface area contributed by atoms with Gasteiger partial charge in [0.15, 0.2) is 0 Å². The van der Waals surface area contributed by atoms with Gasteiger partial charge >= 0.3 is 0 Å². The summed E-state index contributed by atoms with van der Waals surface area (Å²) in [5, 5.41) is 2.91. The largest absolute Gasteiger partial charge is 0.496 e. The van der Waals surface area contributed by atoms with Crippen LogP contribution in [0.5, 0.6) is 11.5 Å². The van der Waals surface area contributed by atoms with E-state index in [0.29, 0.717) is 23.6 Å². The second-order valence-electron chi connectivity index (χ2n) is 4.65. The first-order valence-electron chi connectivity index (χ1n) is 6.71. The maximum atomic E-state index is 12.4. The highest BCUT2D eigenvalue weighted by Gasteiger charge is 2.17.